The van der Waals surface area contributed by atoms with E-state index in [0.717, 1.165) is 12.8 Å². The van der Waals surface area contributed by atoms with Crippen LogP contribution in [0.25, 0.3) is 0 Å². The molecule has 1 heterocycles. The van der Waals surface area contributed by atoms with Crippen LogP contribution in [0.4, 0.5) is 0 Å². The van der Waals surface area contributed by atoms with Crippen LogP contribution < -0.4 is 4.74 Å². The second-order valence-corrected chi connectivity index (χ2v) is 9.17. The molecular weight excluding hydrogens is 352 g/mol. The van der Waals surface area contributed by atoms with Gasteiger partial charge in [0.15, 0.2) is 6.10 Å². The van der Waals surface area contributed by atoms with Crippen LogP contribution in [0.5, 0.6) is 5.75 Å². The van der Waals surface area contributed by atoms with Gasteiger partial charge in [-0.3, -0.25) is 9.59 Å². The fraction of sp³-hybridized carbons (Fsp3) is 0.652. The lowest BCUT2D eigenvalue weighted by molar-refractivity contribution is -0.145. The molecule has 1 aliphatic heterocycles. The largest absolute Gasteiger partial charge is 0.481 e. The van der Waals surface area contributed by atoms with E-state index in [1.54, 1.807) is 6.92 Å². The number of carbonyl (C=O) groups excluding carboxylic acids is 2. The zero-order valence-electron chi connectivity index (χ0n) is 17.7. The van der Waals surface area contributed by atoms with Crippen molar-refractivity contribution in [2.24, 2.45) is 5.92 Å². The summed E-state index contributed by atoms with van der Waals surface area (Å²) in [5.41, 5.74) is 1.33. The third-order valence-corrected chi connectivity index (χ3v) is 5.99. The number of piperazine rings is 1. The zero-order chi connectivity index (χ0) is 20.3. The van der Waals surface area contributed by atoms with Gasteiger partial charge in [-0.1, -0.05) is 45.7 Å². The first-order valence-electron chi connectivity index (χ1n) is 10.6. The van der Waals surface area contributed by atoms with Crippen molar-refractivity contribution < 1.29 is 14.3 Å². The molecular formula is C23H34N2O3. The van der Waals surface area contributed by atoms with Gasteiger partial charge < -0.3 is 14.5 Å². The highest BCUT2D eigenvalue weighted by Gasteiger charge is 2.32. The molecule has 3 rings (SSSR count). The minimum absolute atomic E-state index is 0.00661. The van der Waals surface area contributed by atoms with Gasteiger partial charge in [0.2, 0.25) is 5.91 Å². The third-order valence-electron chi connectivity index (χ3n) is 5.99. The van der Waals surface area contributed by atoms with Crippen molar-refractivity contribution in [1.82, 2.24) is 9.80 Å². The number of rotatable bonds is 4. The fourth-order valence-corrected chi connectivity index (χ4v) is 4.12. The summed E-state index contributed by atoms with van der Waals surface area (Å²) < 4.78 is 5.88. The molecule has 1 saturated heterocycles. The molecule has 5 nitrogen and oxygen atoms in total. The van der Waals surface area contributed by atoms with Gasteiger partial charge in [-0.25, -0.2) is 0 Å². The Morgan fingerprint density at radius 1 is 0.964 bits per heavy atom. The number of hydrogen-bond donors (Lipinski definition) is 0. The van der Waals surface area contributed by atoms with E-state index in [1.807, 2.05) is 21.9 Å². The maximum atomic E-state index is 12.8. The van der Waals surface area contributed by atoms with Crippen LogP contribution in [0.2, 0.25) is 0 Å². The minimum atomic E-state index is -0.530. The van der Waals surface area contributed by atoms with Crippen LogP contribution in [0, 0.1) is 5.92 Å². The van der Waals surface area contributed by atoms with E-state index in [1.165, 1.54) is 18.4 Å². The molecule has 0 aromatic heterocycles. The van der Waals surface area contributed by atoms with Gasteiger partial charge in [0.1, 0.15) is 5.75 Å². The van der Waals surface area contributed by atoms with Crippen LogP contribution in [-0.2, 0) is 15.0 Å². The molecule has 1 aromatic carbocycles. The molecule has 1 saturated carbocycles. The number of amides is 2. The molecule has 0 spiro atoms. The van der Waals surface area contributed by atoms with Crippen molar-refractivity contribution in [3.8, 4) is 5.75 Å². The third kappa shape index (κ3) is 4.86. The van der Waals surface area contributed by atoms with Crippen molar-refractivity contribution in [3.63, 3.8) is 0 Å². The second kappa shape index (κ2) is 8.54. The summed E-state index contributed by atoms with van der Waals surface area (Å²) in [5.74, 6) is 1.20. The maximum absolute atomic E-state index is 12.8. The molecule has 1 atom stereocenters. The molecule has 28 heavy (non-hydrogen) atoms. The highest BCUT2D eigenvalue weighted by atomic mass is 16.5. The van der Waals surface area contributed by atoms with E-state index < -0.39 is 6.10 Å². The summed E-state index contributed by atoms with van der Waals surface area (Å²) in [5, 5.41) is 0. The Balaban J connectivity index is 1.49. The summed E-state index contributed by atoms with van der Waals surface area (Å²) in [6.45, 7) is 10.8. The highest BCUT2D eigenvalue weighted by molar-refractivity contribution is 5.82. The number of ether oxygens (including phenoxy) is 1. The summed E-state index contributed by atoms with van der Waals surface area (Å²) in [4.78, 5) is 29.1. The Hall–Kier alpha value is -2.04. The van der Waals surface area contributed by atoms with Gasteiger partial charge in [-0.2, -0.15) is 0 Å². The van der Waals surface area contributed by atoms with Crippen LogP contribution in [0.1, 0.15) is 58.9 Å². The summed E-state index contributed by atoms with van der Waals surface area (Å²) >= 11 is 0. The van der Waals surface area contributed by atoms with Gasteiger partial charge >= 0.3 is 0 Å². The molecule has 1 unspecified atom stereocenters. The second-order valence-electron chi connectivity index (χ2n) is 9.17. The molecule has 0 radical (unpaired) electrons. The quantitative estimate of drug-likeness (QED) is 0.794. The van der Waals surface area contributed by atoms with Crippen molar-refractivity contribution in [1.29, 1.82) is 0 Å². The average molecular weight is 387 g/mol. The SMILES string of the molecule is CC(Oc1ccc(C(C)(C)C)cc1)C(=O)N1CCN(C(=O)C2CCCC2)CC1. The first kappa shape index (κ1) is 20.7. The standard InChI is InChI=1S/C23H34N2O3/c1-17(28-20-11-9-19(10-12-20)23(2,3)4)21(26)24-13-15-25(16-14-24)22(27)18-7-5-6-8-18/h9-12,17-18H,5-8,13-16H2,1-4H3. The summed E-state index contributed by atoms with van der Waals surface area (Å²) in [7, 11) is 0. The van der Waals surface area contributed by atoms with E-state index in [4.69, 9.17) is 4.74 Å². The molecule has 2 amide bonds. The van der Waals surface area contributed by atoms with Crippen molar-refractivity contribution in [3.05, 3.63) is 29.8 Å². The molecule has 2 aliphatic rings. The minimum Gasteiger partial charge on any atom is -0.481 e. The van der Waals surface area contributed by atoms with Crippen molar-refractivity contribution in [2.75, 3.05) is 26.2 Å². The van der Waals surface area contributed by atoms with E-state index in [-0.39, 0.29) is 23.1 Å². The molecule has 154 valence electrons. The van der Waals surface area contributed by atoms with Gasteiger partial charge in [-0.15, -0.1) is 0 Å². The normalized spacial score (nSPS) is 19.6. The van der Waals surface area contributed by atoms with E-state index in [2.05, 4.69) is 32.9 Å². The number of carbonyl (C=O) groups is 2. The Morgan fingerprint density at radius 2 is 1.50 bits per heavy atom. The molecule has 5 heteroatoms. The highest BCUT2D eigenvalue weighted by Crippen LogP contribution is 2.27. The smallest absolute Gasteiger partial charge is 0.263 e. The number of hydrogen-bond acceptors (Lipinski definition) is 3. The summed E-state index contributed by atoms with van der Waals surface area (Å²) in [6.07, 6.45) is 3.85. The molecule has 0 N–H and O–H groups in total. The predicted molar refractivity (Wildman–Crippen MR) is 110 cm³/mol. The Bertz CT molecular complexity index is 679. The molecule has 0 bridgehead atoms. The maximum Gasteiger partial charge on any atom is 0.263 e. The molecule has 1 aliphatic carbocycles. The molecule has 2 fully saturated rings. The lowest BCUT2D eigenvalue weighted by Gasteiger charge is -2.37. The fourth-order valence-electron chi connectivity index (χ4n) is 4.12. The first-order chi connectivity index (χ1) is 13.3. The van der Waals surface area contributed by atoms with Crippen LogP contribution in [0.3, 0.4) is 0 Å². The average Bonchev–Trinajstić information content (AvgIpc) is 3.21. The van der Waals surface area contributed by atoms with Crippen molar-refractivity contribution in [2.45, 2.75) is 64.9 Å². The lowest BCUT2D eigenvalue weighted by Crippen LogP contribution is -2.54. The Kier molecular flexibility index (Phi) is 6.31. The van der Waals surface area contributed by atoms with Gasteiger partial charge in [0.05, 0.1) is 0 Å². The number of benzene rings is 1. The van der Waals surface area contributed by atoms with Crippen LogP contribution in [-0.4, -0.2) is 53.9 Å². The van der Waals surface area contributed by atoms with Gasteiger partial charge in [0.25, 0.3) is 5.91 Å². The van der Waals surface area contributed by atoms with Crippen LogP contribution >= 0.6 is 0 Å². The summed E-state index contributed by atoms with van der Waals surface area (Å²) in [6, 6.07) is 7.98. The molecule has 1 aromatic rings. The zero-order valence-corrected chi connectivity index (χ0v) is 17.7. The van der Waals surface area contributed by atoms with E-state index in [0.29, 0.717) is 31.9 Å². The topological polar surface area (TPSA) is 49.9 Å². The van der Waals surface area contributed by atoms with Gasteiger partial charge in [0, 0.05) is 32.1 Å². The van der Waals surface area contributed by atoms with Crippen LogP contribution in [0.15, 0.2) is 24.3 Å². The Labute approximate surface area is 169 Å². The Morgan fingerprint density at radius 3 is 2.04 bits per heavy atom. The monoisotopic (exact) mass is 386 g/mol. The number of nitrogens with zero attached hydrogens (tertiary/aromatic N) is 2. The predicted octanol–water partition coefficient (Wildman–Crippen LogP) is 3.61. The lowest BCUT2D eigenvalue weighted by atomic mass is 9.87. The van der Waals surface area contributed by atoms with E-state index in [9.17, 15) is 9.59 Å². The van der Waals surface area contributed by atoms with Crippen molar-refractivity contribution >= 4 is 11.8 Å². The first-order valence-corrected chi connectivity index (χ1v) is 10.6. The van der Waals surface area contributed by atoms with Gasteiger partial charge in [-0.05, 0) is 42.9 Å². The van der Waals surface area contributed by atoms with E-state index >= 15 is 0 Å².